The second-order valence-electron chi connectivity index (χ2n) is 5.00. The Morgan fingerprint density at radius 3 is 1.74 bits per heavy atom. The van der Waals surface area contributed by atoms with E-state index in [0.717, 1.165) is 25.7 Å². The van der Waals surface area contributed by atoms with Crippen LogP contribution in [0.3, 0.4) is 0 Å². The summed E-state index contributed by atoms with van der Waals surface area (Å²) >= 11 is 0. The number of hydroxylamine groups is 1. The van der Waals surface area contributed by atoms with Crippen molar-refractivity contribution in [3.8, 4) is 0 Å². The molecule has 1 aliphatic rings. The third-order valence-corrected chi connectivity index (χ3v) is 3.48. The molecule has 0 heterocycles. The molecule has 0 aromatic heterocycles. The Morgan fingerprint density at radius 2 is 1.48 bits per heavy atom. The van der Waals surface area contributed by atoms with E-state index in [1.54, 1.807) is 5.48 Å². The van der Waals surface area contributed by atoms with Gasteiger partial charge in [0.25, 0.3) is 0 Å². The van der Waals surface area contributed by atoms with E-state index in [0.29, 0.717) is 19.4 Å². The summed E-state index contributed by atoms with van der Waals surface area (Å²) in [7, 11) is 0. The summed E-state index contributed by atoms with van der Waals surface area (Å²) in [4.78, 5) is 31.2. The fraction of sp³-hybridized carbons (Fsp3) is 0.769. The van der Waals surface area contributed by atoms with Crippen molar-refractivity contribution in [2.45, 2.75) is 51.4 Å². The Labute approximate surface area is 149 Å². The van der Waals surface area contributed by atoms with Crippen molar-refractivity contribution in [1.29, 1.82) is 0 Å². The number of nitrogens with two attached hydrogens (primary N) is 1. The van der Waals surface area contributed by atoms with Crippen LogP contribution in [0, 0.1) is 5.41 Å². The van der Waals surface area contributed by atoms with Crippen LogP contribution in [-0.4, -0.2) is 39.8 Å². The van der Waals surface area contributed by atoms with Crippen LogP contribution in [0.1, 0.15) is 51.4 Å². The fourth-order valence-electron chi connectivity index (χ4n) is 1.87. The van der Waals surface area contributed by atoms with Gasteiger partial charge in [0.2, 0.25) is 5.91 Å². The zero-order valence-electron chi connectivity index (χ0n) is 12.8. The van der Waals surface area contributed by atoms with Crippen LogP contribution in [0.5, 0.6) is 0 Å². The summed E-state index contributed by atoms with van der Waals surface area (Å²) in [5.41, 5.74) is 6.97. The largest absolute Gasteiger partial charge is 2.00 e. The van der Waals surface area contributed by atoms with Crippen LogP contribution in [0.25, 0.3) is 11.9 Å². The Kier molecular flexibility index (Phi) is 17.0. The Hall–Kier alpha value is -1.02. The van der Waals surface area contributed by atoms with E-state index < -0.39 is 17.4 Å². The number of nitrogens with one attached hydrogen (secondary N) is 2. The number of carbonyl (C=O) groups is 3. The van der Waals surface area contributed by atoms with Crippen LogP contribution in [0.15, 0.2) is 0 Å². The van der Waals surface area contributed by atoms with Crippen molar-refractivity contribution >= 4 is 17.8 Å². The molecule has 0 bridgehead atoms. The summed E-state index contributed by atoms with van der Waals surface area (Å²) in [5.74, 6) is -2.73. The minimum absolute atomic E-state index is 0. The number of amides is 1. The van der Waals surface area contributed by atoms with Crippen molar-refractivity contribution in [3.63, 3.8) is 0 Å². The number of carboxylic acid groups (broad SMARTS) is 2. The summed E-state index contributed by atoms with van der Waals surface area (Å²) in [5, 5.41) is 25.1. The van der Waals surface area contributed by atoms with Crippen molar-refractivity contribution in [3.05, 3.63) is 11.9 Å². The molecule has 1 saturated carbocycles. The Balaban J connectivity index is -0.000000321. The predicted molar refractivity (Wildman–Crippen MR) is 79.0 cm³/mol. The summed E-state index contributed by atoms with van der Waals surface area (Å²) in [6.45, 7) is 0.464. The van der Waals surface area contributed by atoms with Crippen LogP contribution in [0.4, 0.5) is 0 Å². The number of hydrogen-bond acceptors (Lipinski definition) is 4. The fourth-order valence-corrected chi connectivity index (χ4v) is 1.87. The molecule has 0 atom stereocenters. The molecule has 1 fully saturated rings. The Bertz CT molecular complexity index is 348. The number of unbranched alkanes of at least 4 members (excludes halogenated alkanes) is 3. The second-order valence-corrected chi connectivity index (χ2v) is 5.00. The first-order chi connectivity index (χ1) is 9.90. The van der Waals surface area contributed by atoms with Gasteiger partial charge < -0.3 is 22.1 Å². The molecule has 0 saturated heterocycles. The average molecular weight is 514 g/mol. The summed E-state index contributed by atoms with van der Waals surface area (Å²) in [6, 6.07) is 0. The van der Waals surface area contributed by atoms with Crippen LogP contribution in [0.2, 0.25) is 0 Å². The molecule has 1 aliphatic carbocycles. The number of rotatable bonds is 8. The molecular formula is C13H25N3O6Pt. The molecule has 7 N–H and O–H groups in total. The first-order valence-corrected chi connectivity index (χ1v) is 6.95. The molecule has 0 unspecified atom stereocenters. The maximum absolute atomic E-state index is 10.4. The van der Waals surface area contributed by atoms with E-state index in [2.05, 4.69) is 0 Å². The smallest absolute Gasteiger partial charge is 0.693 e. The maximum Gasteiger partial charge on any atom is 2.00 e. The monoisotopic (exact) mass is 514 g/mol. The van der Waals surface area contributed by atoms with Gasteiger partial charge in [-0.2, -0.15) is 6.54 Å². The molecule has 0 aromatic carbocycles. The van der Waals surface area contributed by atoms with Gasteiger partial charge in [0.05, 0.1) is 0 Å². The molecule has 1 amide bonds. The molecule has 10 heteroatoms. The third kappa shape index (κ3) is 9.65. The van der Waals surface area contributed by atoms with E-state index in [9.17, 15) is 14.4 Å². The van der Waals surface area contributed by atoms with Crippen molar-refractivity contribution in [2.75, 3.05) is 6.54 Å². The number of carbonyl (C=O) groups excluding carboxylic acids is 1. The number of carboxylic acids is 2. The van der Waals surface area contributed by atoms with Gasteiger partial charge in [-0.1, -0.05) is 19.3 Å². The second kappa shape index (κ2) is 14.6. The van der Waals surface area contributed by atoms with E-state index in [1.165, 1.54) is 0 Å². The normalized spacial score (nSPS) is 13.8. The average Bonchev–Trinajstić information content (AvgIpc) is 2.36. The van der Waals surface area contributed by atoms with Gasteiger partial charge in [0, 0.05) is 6.42 Å². The van der Waals surface area contributed by atoms with E-state index in [1.807, 2.05) is 0 Å². The quantitative estimate of drug-likeness (QED) is 0.167. The summed E-state index contributed by atoms with van der Waals surface area (Å²) in [6.07, 6.45) is 5.31. The van der Waals surface area contributed by atoms with Crippen LogP contribution in [-0.2, 0) is 35.4 Å². The first-order valence-electron chi connectivity index (χ1n) is 6.95. The topological polar surface area (TPSA) is 181 Å². The van der Waals surface area contributed by atoms with Gasteiger partial charge in [0.15, 0.2) is 5.41 Å². The van der Waals surface area contributed by atoms with Gasteiger partial charge in [-0.15, -0.1) is 0 Å². The molecule has 138 valence electrons. The zero-order chi connectivity index (χ0) is 16.3. The summed E-state index contributed by atoms with van der Waals surface area (Å²) < 4.78 is 0. The van der Waals surface area contributed by atoms with Crippen LogP contribution < -0.4 is 5.48 Å². The van der Waals surface area contributed by atoms with E-state index >= 15 is 0 Å². The van der Waals surface area contributed by atoms with Crippen molar-refractivity contribution < 1.29 is 50.9 Å². The number of hydrogen-bond donors (Lipinski definition) is 4. The van der Waals surface area contributed by atoms with E-state index in [4.69, 9.17) is 21.2 Å². The maximum atomic E-state index is 10.4. The van der Waals surface area contributed by atoms with Gasteiger partial charge in [-0.3, -0.25) is 19.6 Å². The zero-order valence-corrected chi connectivity index (χ0v) is 15.1. The molecule has 0 radical (unpaired) electrons. The predicted octanol–water partition coefficient (Wildman–Crippen LogP) is 2.53. The van der Waals surface area contributed by atoms with Gasteiger partial charge in [-0.05, 0) is 25.7 Å². The third-order valence-electron chi connectivity index (χ3n) is 3.48. The Morgan fingerprint density at radius 1 is 1.00 bits per heavy atom. The molecule has 23 heavy (non-hydrogen) atoms. The number of aliphatic carboxylic acids is 2. The van der Waals surface area contributed by atoms with Crippen LogP contribution >= 0.6 is 0 Å². The SMILES string of the molecule is O=C(O)C1(C(=O)O)CCC1.[NH-]CCCCCCC(=O)NO.[NH2-].[Pt+2]. The minimum atomic E-state index is -1.44. The molecule has 0 spiro atoms. The minimum Gasteiger partial charge on any atom is -0.693 e. The first kappa shape index (κ1) is 26.9. The van der Waals surface area contributed by atoms with E-state index in [-0.39, 0.29) is 46.0 Å². The molecule has 1 rings (SSSR count). The molecule has 0 aliphatic heterocycles. The molecule has 9 nitrogen and oxygen atoms in total. The standard InChI is InChI=1S/C7H15N2O2.C6H8O4.H2N.Pt/c8-6-4-2-1-3-5-7(10)9-11;7-4(8)6(5(9)10)2-1-3-6;;/h8,11H,1-6H2,(H,9,10);1-3H2,(H,7,8)(H,9,10);1H2;/q-1;;-1;+2. The van der Waals surface area contributed by atoms with Crippen molar-refractivity contribution in [1.82, 2.24) is 5.48 Å². The van der Waals surface area contributed by atoms with Gasteiger partial charge >= 0.3 is 33.0 Å². The molecular weight excluding hydrogens is 489 g/mol. The molecule has 0 aromatic rings. The van der Waals surface area contributed by atoms with Gasteiger partial charge in [-0.25, -0.2) is 5.48 Å². The van der Waals surface area contributed by atoms with Gasteiger partial charge in [0.1, 0.15) is 0 Å². The van der Waals surface area contributed by atoms with Crippen molar-refractivity contribution in [2.24, 2.45) is 5.41 Å².